The Balaban J connectivity index is 1.77. The van der Waals surface area contributed by atoms with Crippen molar-refractivity contribution >= 4 is 26.7 Å². The highest BCUT2D eigenvalue weighted by Gasteiger charge is 2.28. The first-order valence-corrected chi connectivity index (χ1v) is 10.2. The van der Waals surface area contributed by atoms with Crippen LogP contribution in [0.25, 0.3) is 11.0 Å². The first-order valence-electron chi connectivity index (χ1n) is 8.38. The van der Waals surface area contributed by atoms with Crippen LogP contribution in [0.4, 0.5) is 0 Å². The largest absolute Gasteiger partial charge is 0.481 e. The molecule has 2 aromatic rings. The molecule has 1 unspecified atom stereocenters. The summed E-state index contributed by atoms with van der Waals surface area (Å²) in [4.78, 5) is 25.8. The number of hydrogen-bond acceptors (Lipinski definition) is 6. The maximum Gasteiger partial charge on any atom is 0.339 e. The zero-order valence-electron chi connectivity index (χ0n) is 14.9. The number of aryl methyl sites for hydroxylation is 1. The molecule has 0 N–H and O–H groups in total. The van der Waals surface area contributed by atoms with Crippen molar-refractivity contribution in [2.45, 2.75) is 26.9 Å². The third-order valence-corrected chi connectivity index (χ3v) is 6.35. The third-order valence-electron chi connectivity index (χ3n) is 4.75. The summed E-state index contributed by atoms with van der Waals surface area (Å²) in [6.07, 6.45) is -0.772. The summed E-state index contributed by atoms with van der Waals surface area (Å²) in [6.45, 7) is 5.54. The number of ether oxygens (including phenoxy) is 1. The van der Waals surface area contributed by atoms with E-state index >= 15 is 0 Å². The Bertz CT molecular complexity index is 1010. The topological polar surface area (TPSA) is 93.9 Å². The van der Waals surface area contributed by atoms with E-state index in [1.54, 1.807) is 32.0 Å². The van der Waals surface area contributed by atoms with Gasteiger partial charge in [0.25, 0.3) is 5.91 Å². The molecule has 8 heteroatoms. The molecule has 1 aliphatic rings. The number of sulfone groups is 1. The second kappa shape index (κ2) is 6.75. The van der Waals surface area contributed by atoms with E-state index in [-0.39, 0.29) is 30.5 Å². The van der Waals surface area contributed by atoms with Crippen molar-refractivity contribution < 1.29 is 22.4 Å². The normalized spacial score (nSPS) is 17.9. The van der Waals surface area contributed by atoms with E-state index in [0.29, 0.717) is 16.9 Å². The van der Waals surface area contributed by atoms with Gasteiger partial charge in [-0.1, -0.05) is 0 Å². The van der Waals surface area contributed by atoms with Gasteiger partial charge in [0.1, 0.15) is 11.3 Å². The predicted octanol–water partition coefficient (Wildman–Crippen LogP) is 1.43. The molecule has 1 aliphatic heterocycles. The van der Waals surface area contributed by atoms with Gasteiger partial charge >= 0.3 is 5.63 Å². The van der Waals surface area contributed by atoms with Crippen molar-refractivity contribution in [2.75, 3.05) is 24.6 Å². The molecule has 0 radical (unpaired) electrons. The van der Waals surface area contributed by atoms with Gasteiger partial charge in [0, 0.05) is 30.1 Å². The molecule has 1 fully saturated rings. The van der Waals surface area contributed by atoms with Crippen LogP contribution in [-0.4, -0.2) is 49.9 Å². The first-order chi connectivity index (χ1) is 12.2. The Hall–Kier alpha value is -2.35. The number of nitrogens with zero attached hydrogens (tertiary/aromatic N) is 1. The van der Waals surface area contributed by atoms with Gasteiger partial charge in [-0.15, -0.1) is 0 Å². The zero-order valence-corrected chi connectivity index (χ0v) is 15.8. The Labute approximate surface area is 151 Å². The molecule has 1 atom stereocenters. The van der Waals surface area contributed by atoms with Crippen molar-refractivity contribution in [3.63, 3.8) is 0 Å². The molecular formula is C18H21NO6S. The molecule has 0 spiro atoms. The standard InChI is InChI=1S/C18H21NO6S/c1-11-12(2)18(21)25-16-10-14(4-5-15(11)16)24-13(3)17(20)19-6-8-26(22,23)9-7-19/h4-5,10,13H,6-9H2,1-3H3. The van der Waals surface area contributed by atoms with E-state index < -0.39 is 21.6 Å². The summed E-state index contributed by atoms with van der Waals surface area (Å²) in [7, 11) is -3.05. The van der Waals surface area contributed by atoms with Crippen LogP contribution in [0, 0.1) is 13.8 Å². The highest BCUT2D eigenvalue weighted by atomic mass is 32.2. The first kappa shape index (κ1) is 18.4. The van der Waals surface area contributed by atoms with Gasteiger partial charge in [0.05, 0.1) is 11.5 Å². The molecular weight excluding hydrogens is 358 g/mol. The summed E-state index contributed by atoms with van der Waals surface area (Å²) in [5.74, 6) is 0.104. The minimum atomic E-state index is -3.05. The van der Waals surface area contributed by atoms with Crippen LogP contribution >= 0.6 is 0 Å². The Kier molecular flexibility index (Phi) is 4.79. The number of carbonyl (C=O) groups is 1. The third kappa shape index (κ3) is 3.60. The van der Waals surface area contributed by atoms with Gasteiger partial charge < -0.3 is 14.1 Å². The molecule has 3 rings (SSSR count). The van der Waals surface area contributed by atoms with Crippen LogP contribution in [0.15, 0.2) is 27.4 Å². The molecule has 0 bridgehead atoms. The number of fused-ring (bicyclic) bond motifs is 1. The zero-order chi connectivity index (χ0) is 19.1. The van der Waals surface area contributed by atoms with Crippen LogP contribution in [0.5, 0.6) is 5.75 Å². The van der Waals surface area contributed by atoms with Crippen molar-refractivity contribution in [1.29, 1.82) is 0 Å². The van der Waals surface area contributed by atoms with Crippen LogP contribution < -0.4 is 10.4 Å². The van der Waals surface area contributed by atoms with Crippen molar-refractivity contribution in [3.05, 3.63) is 39.7 Å². The van der Waals surface area contributed by atoms with Gasteiger partial charge in [0.15, 0.2) is 15.9 Å². The van der Waals surface area contributed by atoms with Gasteiger partial charge in [-0.2, -0.15) is 0 Å². The SMILES string of the molecule is Cc1c(C)c2ccc(OC(C)C(=O)N3CCS(=O)(=O)CC3)cc2oc1=O. The second-order valence-electron chi connectivity index (χ2n) is 6.53. The van der Waals surface area contributed by atoms with E-state index in [4.69, 9.17) is 9.15 Å². The summed E-state index contributed by atoms with van der Waals surface area (Å²) < 4.78 is 33.9. The Morgan fingerprint density at radius 3 is 2.50 bits per heavy atom. The highest BCUT2D eigenvalue weighted by Crippen LogP contribution is 2.24. The summed E-state index contributed by atoms with van der Waals surface area (Å²) >= 11 is 0. The molecule has 26 heavy (non-hydrogen) atoms. The van der Waals surface area contributed by atoms with Crippen LogP contribution in [0.3, 0.4) is 0 Å². The van der Waals surface area contributed by atoms with E-state index in [2.05, 4.69) is 0 Å². The van der Waals surface area contributed by atoms with Crippen LogP contribution in [0.2, 0.25) is 0 Å². The molecule has 1 aromatic heterocycles. The highest BCUT2D eigenvalue weighted by molar-refractivity contribution is 7.91. The molecule has 1 amide bonds. The predicted molar refractivity (Wildman–Crippen MR) is 97.3 cm³/mol. The average Bonchev–Trinajstić information content (AvgIpc) is 2.59. The lowest BCUT2D eigenvalue weighted by Gasteiger charge is -2.29. The van der Waals surface area contributed by atoms with E-state index in [0.717, 1.165) is 10.9 Å². The van der Waals surface area contributed by atoms with Gasteiger partial charge in [0.2, 0.25) is 0 Å². The number of rotatable bonds is 3. The lowest BCUT2D eigenvalue weighted by Crippen LogP contribution is -2.48. The lowest BCUT2D eigenvalue weighted by molar-refractivity contribution is -0.137. The van der Waals surface area contributed by atoms with Gasteiger partial charge in [-0.25, -0.2) is 13.2 Å². The second-order valence-corrected chi connectivity index (χ2v) is 8.84. The van der Waals surface area contributed by atoms with E-state index in [9.17, 15) is 18.0 Å². The van der Waals surface area contributed by atoms with Crippen molar-refractivity contribution in [1.82, 2.24) is 4.90 Å². The summed E-state index contributed by atoms with van der Waals surface area (Å²) in [5, 5.41) is 0.815. The molecule has 2 heterocycles. The maximum absolute atomic E-state index is 12.5. The molecule has 1 saturated heterocycles. The lowest BCUT2D eigenvalue weighted by atomic mass is 10.1. The maximum atomic E-state index is 12.5. The molecule has 0 aliphatic carbocycles. The van der Waals surface area contributed by atoms with Gasteiger partial charge in [-0.3, -0.25) is 4.79 Å². The molecule has 1 aromatic carbocycles. The van der Waals surface area contributed by atoms with Gasteiger partial charge in [-0.05, 0) is 38.5 Å². The van der Waals surface area contributed by atoms with E-state index in [1.165, 1.54) is 4.90 Å². The summed E-state index contributed by atoms with van der Waals surface area (Å²) in [6, 6.07) is 5.10. The van der Waals surface area contributed by atoms with Crippen molar-refractivity contribution in [3.8, 4) is 5.75 Å². The minimum Gasteiger partial charge on any atom is -0.481 e. The quantitative estimate of drug-likeness (QED) is 0.749. The Morgan fingerprint density at radius 1 is 1.19 bits per heavy atom. The number of amides is 1. The Morgan fingerprint density at radius 2 is 1.85 bits per heavy atom. The number of benzene rings is 1. The fourth-order valence-corrected chi connectivity index (χ4v) is 4.15. The average molecular weight is 379 g/mol. The smallest absolute Gasteiger partial charge is 0.339 e. The molecule has 7 nitrogen and oxygen atoms in total. The number of carbonyl (C=O) groups excluding carboxylic acids is 1. The fraction of sp³-hybridized carbons (Fsp3) is 0.444. The summed E-state index contributed by atoms with van der Waals surface area (Å²) in [5.41, 5.74) is 1.42. The molecule has 0 saturated carbocycles. The van der Waals surface area contributed by atoms with Crippen LogP contribution in [-0.2, 0) is 14.6 Å². The number of hydrogen-bond donors (Lipinski definition) is 0. The van der Waals surface area contributed by atoms with Crippen molar-refractivity contribution in [2.24, 2.45) is 0 Å². The van der Waals surface area contributed by atoms with E-state index in [1.807, 2.05) is 6.92 Å². The minimum absolute atomic E-state index is 0.0226. The molecule has 140 valence electrons. The van der Waals surface area contributed by atoms with Crippen LogP contribution in [0.1, 0.15) is 18.1 Å². The monoisotopic (exact) mass is 379 g/mol. The fourth-order valence-electron chi connectivity index (χ4n) is 2.95.